The fourth-order valence-corrected chi connectivity index (χ4v) is 4.26. The number of nitrogens with zero attached hydrogens (tertiary/aromatic N) is 4. The smallest absolute Gasteiger partial charge is 0.250 e. The summed E-state index contributed by atoms with van der Waals surface area (Å²) in [7, 11) is 0. The molecule has 4 rings (SSSR count). The van der Waals surface area contributed by atoms with E-state index < -0.39 is 0 Å². The van der Waals surface area contributed by atoms with Crippen molar-refractivity contribution in [3.8, 4) is 11.4 Å². The number of thioether (sulfide) groups is 1. The van der Waals surface area contributed by atoms with Gasteiger partial charge in [0.2, 0.25) is 0 Å². The van der Waals surface area contributed by atoms with Gasteiger partial charge in [0.25, 0.3) is 5.91 Å². The standard InChI is InChI=1S/C21H23N5O2S/c1-15-8-10-16(11-9-15)20-24-25-21(26(20)17-5-2-3-6-17)29-14-19(27)23-22-13-18-7-4-12-28-18/h4,7-13,17H,2-3,5-6,14H2,1H3,(H,23,27)/b22-13+. The number of aromatic nitrogens is 3. The van der Waals surface area contributed by atoms with Crippen molar-refractivity contribution in [3.63, 3.8) is 0 Å². The highest BCUT2D eigenvalue weighted by Gasteiger charge is 2.25. The number of hydrazone groups is 1. The van der Waals surface area contributed by atoms with Crippen LogP contribution < -0.4 is 5.43 Å². The van der Waals surface area contributed by atoms with E-state index in [9.17, 15) is 4.79 Å². The number of aryl methyl sites for hydroxylation is 1. The maximum Gasteiger partial charge on any atom is 0.250 e. The van der Waals surface area contributed by atoms with Gasteiger partial charge in [0.15, 0.2) is 11.0 Å². The minimum Gasteiger partial charge on any atom is -0.463 e. The summed E-state index contributed by atoms with van der Waals surface area (Å²) in [6, 6.07) is 12.2. The maximum absolute atomic E-state index is 12.2. The molecule has 1 aromatic carbocycles. The lowest BCUT2D eigenvalue weighted by Crippen LogP contribution is -2.20. The largest absolute Gasteiger partial charge is 0.463 e. The van der Waals surface area contributed by atoms with E-state index in [1.807, 2.05) is 0 Å². The molecule has 0 spiro atoms. The number of hydrogen-bond acceptors (Lipinski definition) is 6. The third-order valence-electron chi connectivity index (χ3n) is 4.92. The Morgan fingerprint density at radius 1 is 1.28 bits per heavy atom. The number of rotatable bonds is 7. The molecule has 0 atom stereocenters. The van der Waals surface area contributed by atoms with Crippen LogP contribution in [0, 0.1) is 6.92 Å². The fraction of sp³-hybridized carbons (Fsp3) is 0.333. The van der Waals surface area contributed by atoms with Gasteiger partial charge < -0.3 is 4.42 Å². The van der Waals surface area contributed by atoms with Crippen molar-refractivity contribution in [2.24, 2.45) is 5.10 Å². The van der Waals surface area contributed by atoms with Gasteiger partial charge in [-0.1, -0.05) is 54.4 Å². The Hall–Kier alpha value is -2.87. The number of hydrogen-bond donors (Lipinski definition) is 1. The van der Waals surface area contributed by atoms with Gasteiger partial charge in [-0.15, -0.1) is 10.2 Å². The zero-order valence-electron chi connectivity index (χ0n) is 16.2. The highest BCUT2D eigenvalue weighted by Crippen LogP contribution is 2.36. The van der Waals surface area contributed by atoms with Crippen molar-refractivity contribution in [3.05, 3.63) is 54.0 Å². The minimum absolute atomic E-state index is 0.198. The summed E-state index contributed by atoms with van der Waals surface area (Å²) >= 11 is 1.39. The summed E-state index contributed by atoms with van der Waals surface area (Å²) in [6.45, 7) is 2.07. The molecule has 1 aliphatic rings. The Morgan fingerprint density at radius 2 is 2.07 bits per heavy atom. The molecular formula is C21H23N5O2S. The fourth-order valence-electron chi connectivity index (χ4n) is 3.46. The second-order valence-electron chi connectivity index (χ2n) is 7.08. The Labute approximate surface area is 173 Å². The normalized spacial score (nSPS) is 14.7. The Balaban J connectivity index is 1.46. The van der Waals surface area contributed by atoms with E-state index >= 15 is 0 Å². The van der Waals surface area contributed by atoms with E-state index in [2.05, 4.69) is 56.5 Å². The first-order valence-corrected chi connectivity index (χ1v) is 10.7. The summed E-state index contributed by atoms with van der Waals surface area (Å²) in [5, 5.41) is 13.5. The van der Waals surface area contributed by atoms with Crippen molar-refractivity contribution >= 4 is 23.9 Å². The molecule has 1 N–H and O–H groups in total. The maximum atomic E-state index is 12.2. The topological polar surface area (TPSA) is 85.3 Å². The van der Waals surface area contributed by atoms with Gasteiger partial charge in [-0.3, -0.25) is 9.36 Å². The number of carbonyl (C=O) groups excluding carboxylic acids is 1. The first-order chi connectivity index (χ1) is 14.2. The molecule has 29 heavy (non-hydrogen) atoms. The zero-order chi connectivity index (χ0) is 20.1. The zero-order valence-corrected chi connectivity index (χ0v) is 17.1. The van der Waals surface area contributed by atoms with Crippen LogP contribution in [0.15, 0.2) is 57.3 Å². The molecule has 0 saturated heterocycles. The van der Waals surface area contributed by atoms with Crippen molar-refractivity contribution in [1.29, 1.82) is 0 Å². The molecular weight excluding hydrogens is 386 g/mol. The quantitative estimate of drug-likeness (QED) is 0.359. The highest BCUT2D eigenvalue weighted by molar-refractivity contribution is 7.99. The number of nitrogens with one attached hydrogen (secondary N) is 1. The third-order valence-corrected chi connectivity index (χ3v) is 5.86. The summed E-state index contributed by atoms with van der Waals surface area (Å²) < 4.78 is 7.35. The molecule has 0 radical (unpaired) electrons. The van der Waals surface area contributed by atoms with Crippen LogP contribution in [-0.2, 0) is 4.79 Å². The SMILES string of the molecule is Cc1ccc(-c2nnc(SCC(=O)N/N=C/c3ccco3)n2C2CCCC2)cc1. The average Bonchev–Trinajstić information content (AvgIpc) is 3.48. The Morgan fingerprint density at radius 3 is 2.79 bits per heavy atom. The molecule has 0 aliphatic heterocycles. The Kier molecular flexibility index (Phi) is 6.09. The predicted molar refractivity (Wildman–Crippen MR) is 113 cm³/mol. The van der Waals surface area contributed by atoms with Crippen LogP contribution in [-0.4, -0.2) is 32.6 Å². The minimum atomic E-state index is -0.198. The highest BCUT2D eigenvalue weighted by atomic mass is 32.2. The molecule has 150 valence electrons. The number of benzene rings is 1. The average molecular weight is 410 g/mol. The molecule has 2 heterocycles. The summed E-state index contributed by atoms with van der Waals surface area (Å²) in [5.74, 6) is 1.47. The number of furan rings is 1. The van der Waals surface area contributed by atoms with E-state index in [4.69, 9.17) is 4.42 Å². The van der Waals surface area contributed by atoms with Gasteiger partial charge in [-0.05, 0) is 31.9 Å². The van der Waals surface area contributed by atoms with Gasteiger partial charge in [0, 0.05) is 11.6 Å². The van der Waals surface area contributed by atoms with E-state index in [1.165, 1.54) is 36.4 Å². The van der Waals surface area contributed by atoms with E-state index in [1.54, 1.807) is 18.4 Å². The molecule has 0 bridgehead atoms. The molecule has 0 unspecified atom stereocenters. The van der Waals surface area contributed by atoms with Crippen molar-refractivity contribution in [2.75, 3.05) is 5.75 Å². The van der Waals surface area contributed by atoms with Crippen molar-refractivity contribution in [2.45, 2.75) is 43.8 Å². The van der Waals surface area contributed by atoms with Crippen LogP contribution in [0.2, 0.25) is 0 Å². The third kappa shape index (κ3) is 4.76. The van der Waals surface area contributed by atoms with Crippen molar-refractivity contribution < 1.29 is 9.21 Å². The first-order valence-electron chi connectivity index (χ1n) is 9.71. The molecule has 1 aliphatic carbocycles. The summed E-state index contributed by atoms with van der Waals surface area (Å²) in [6.07, 6.45) is 7.68. The van der Waals surface area contributed by atoms with E-state index in [-0.39, 0.29) is 11.7 Å². The molecule has 1 saturated carbocycles. The van der Waals surface area contributed by atoms with Gasteiger partial charge in [-0.25, -0.2) is 5.43 Å². The predicted octanol–water partition coefficient (Wildman–Crippen LogP) is 4.20. The number of amides is 1. The van der Waals surface area contributed by atoms with Gasteiger partial charge in [0.1, 0.15) is 5.76 Å². The molecule has 2 aromatic heterocycles. The van der Waals surface area contributed by atoms with Crippen LogP contribution in [0.3, 0.4) is 0 Å². The second-order valence-corrected chi connectivity index (χ2v) is 8.02. The van der Waals surface area contributed by atoms with Crippen LogP contribution in [0.4, 0.5) is 0 Å². The van der Waals surface area contributed by atoms with Gasteiger partial charge in [0.05, 0.1) is 18.2 Å². The monoisotopic (exact) mass is 409 g/mol. The van der Waals surface area contributed by atoms with Crippen LogP contribution in [0.1, 0.15) is 43.0 Å². The number of carbonyl (C=O) groups is 1. The molecule has 3 aromatic rings. The summed E-state index contributed by atoms with van der Waals surface area (Å²) in [5.41, 5.74) is 4.78. The van der Waals surface area contributed by atoms with Gasteiger partial charge in [-0.2, -0.15) is 5.10 Å². The van der Waals surface area contributed by atoms with Crippen molar-refractivity contribution in [1.82, 2.24) is 20.2 Å². The van der Waals surface area contributed by atoms with Crippen LogP contribution in [0.5, 0.6) is 0 Å². The lowest BCUT2D eigenvalue weighted by atomic mass is 10.1. The first kappa shape index (κ1) is 19.4. The van der Waals surface area contributed by atoms with Gasteiger partial charge >= 0.3 is 0 Å². The second kappa shape index (κ2) is 9.09. The van der Waals surface area contributed by atoms with E-state index in [0.29, 0.717) is 11.8 Å². The molecule has 8 heteroatoms. The molecule has 1 fully saturated rings. The molecule has 1 amide bonds. The molecule has 7 nitrogen and oxygen atoms in total. The Bertz CT molecular complexity index is 973. The summed E-state index contributed by atoms with van der Waals surface area (Å²) in [4.78, 5) is 12.2. The van der Waals surface area contributed by atoms with Crippen LogP contribution >= 0.6 is 11.8 Å². The van der Waals surface area contributed by atoms with Crippen LogP contribution in [0.25, 0.3) is 11.4 Å². The lowest BCUT2D eigenvalue weighted by Gasteiger charge is -2.16. The lowest BCUT2D eigenvalue weighted by molar-refractivity contribution is -0.118. The van der Waals surface area contributed by atoms with E-state index in [0.717, 1.165) is 29.4 Å².